The molecule has 104 valence electrons. The first-order chi connectivity index (χ1) is 9.63. The number of carbonyl (C=O) groups is 1. The standard InChI is InChI=1S/C15H18N4O/c1-16-15-18(2)13(14(20)19(15)3)8-10-9-17-12-7-5-4-6-11(10)12/h4-9,15-17H,1-3H3/b13-8+. The molecule has 2 heterocycles. The number of amides is 1. The summed E-state index contributed by atoms with van der Waals surface area (Å²) in [5, 5.41) is 4.24. The van der Waals surface area contributed by atoms with E-state index in [0.29, 0.717) is 5.70 Å². The number of benzene rings is 1. The Morgan fingerprint density at radius 2 is 2.00 bits per heavy atom. The van der Waals surface area contributed by atoms with E-state index in [2.05, 4.69) is 16.4 Å². The molecule has 2 N–H and O–H groups in total. The summed E-state index contributed by atoms with van der Waals surface area (Å²) >= 11 is 0. The Morgan fingerprint density at radius 1 is 1.25 bits per heavy atom. The van der Waals surface area contributed by atoms with Crippen LogP contribution in [0.4, 0.5) is 0 Å². The maximum Gasteiger partial charge on any atom is 0.272 e. The topological polar surface area (TPSA) is 51.4 Å². The molecule has 1 aromatic heterocycles. The van der Waals surface area contributed by atoms with E-state index in [1.54, 1.807) is 11.9 Å². The average molecular weight is 270 g/mol. The highest BCUT2D eigenvalue weighted by molar-refractivity contribution is 6.01. The first kappa shape index (κ1) is 12.7. The van der Waals surface area contributed by atoms with Crippen LogP contribution in [0.3, 0.4) is 0 Å². The van der Waals surface area contributed by atoms with E-state index in [-0.39, 0.29) is 12.2 Å². The molecule has 1 aromatic carbocycles. The number of aromatic nitrogens is 1. The predicted molar refractivity (Wildman–Crippen MR) is 79.7 cm³/mol. The molecule has 5 heteroatoms. The van der Waals surface area contributed by atoms with Crippen LogP contribution in [0.25, 0.3) is 17.0 Å². The Morgan fingerprint density at radius 3 is 2.70 bits per heavy atom. The number of nitrogens with one attached hydrogen (secondary N) is 2. The summed E-state index contributed by atoms with van der Waals surface area (Å²) in [5.41, 5.74) is 2.79. The molecule has 0 saturated carbocycles. The third kappa shape index (κ3) is 1.78. The summed E-state index contributed by atoms with van der Waals surface area (Å²) in [6.45, 7) is 0. The summed E-state index contributed by atoms with van der Waals surface area (Å²) in [6, 6.07) is 8.07. The van der Waals surface area contributed by atoms with Crippen molar-refractivity contribution in [1.29, 1.82) is 0 Å². The summed E-state index contributed by atoms with van der Waals surface area (Å²) in [6.07, 6.45) is 3.78. The number of hydrogen-bond donors (Lipinski definition) is 2. The van der Waals surface area contributed by atoms with Gasteiger partial charge in [-0.3, -0.25) is 10.1 Å². The molecule has 0 aliphatic carbocycles. The molecule has 1 amide bonds. The van der Waals surface area contributed by atoms with E-state index in [1.165, 1.54) is 0 Å². The third-order valence-electron chi connectivity index (χ3n) is 3.82. The van der Waals surface area contributed by atoms with Crippen molar-refractivity contribution in [2.45, 2.75) is 6.29 Å². The number of hydrogen-bond acceptors (Lipinski definition) is 3. The Labute approximate surface area is 117 Å². The van der Waals surface area contributed by atoms with Gasteiger partial charge in [0.05, 0.1) is 0 Å². The zero-order valence-corrected chi connectivity index (χ0v) is 11.8. The van der Waals surface area contributed by atoms with E-state index in [0.717, 1.165) is 16.5 Å². The van der Waals surface area contributed by atoms with Gasteiger partial charge in [-0.25, -0.2) is 0 Å². The summed E-state index contributed by atoms with van der Waals surface area (Å²) < 4.78 is 0. The lowest BCUT2D eigenvalue weighted by Gasteiger charge is -2.24. The van der Waals surface area contributed by atoms with Crippen LogP contribution in [0.15, 0.2) is 36.2 Å². The number of para-hydroxylation sites is 1. The van der Waals surface area contributed by atoms with Crippen molar-refractivity contribution < 1.29 is 4.79 Å². The van der Waals surface area contributed by atoms with Crippen LogP contribution in [0.5, 0.6) is 0 Å². The van der Waals surface area contributed by atoms with Crippen LogP contribution in [0, 0.1) is 0 Å². The van der Waals surface area contributed by atoms with Crippen LogP contribution in [-0.4, -0.2) is 48.1 Å². The van der Waals surface area contributed by atoms with Crippen molar-refractivity contribution in [1.82, 2.24) is 20.1 Å². The lowest BCUT2D eigenvalue weighted by Crippen LogP contribution is -2.45. The highest BCUT2D eigenvalue weighted by Gasteiger charge is 2.36. The quantitative estimate of drug-likeness (QED) is 0.811. The fraction of sp³-hybridized carbons (Fsp3) is 0.267. The molecule has 1 atom stereocenters. The Balaban J connectivity index is 2.06. The monoisotopic (exact) mass is 270 g/mol. The number of H-pyrrole nitrogens is 1. The van der Waals surface area contributed by atoms with Crippen molar-refractivity contribution in [2.24, 2.45) is 0 Å². The number of nitrogens with zero attached hydrogens (tertiary/aromatic N) is 2. The predicted octanol–water partition coefficient (Wildman–Crippen LogP) is 1.42. The number of aromatic amines is 1. The van der Waals surface area contributed by atoms with Crippen LogP contribution >= 0.6 is 0 Å². The number of fused-ring (bicyclic) bond motifs is 1. The van der Waals surface area contributed by atoms with Crippen molar-refractivity contribution >= 4 is 22.9 Å². The van der Waals surface area contributed by atoms with Gasteiger partial charge in [-0.05, 0) is 19.2 Å². The number of carbonyl (C=O) groups excluding carboxylic acids is 1. The van der Waals surface area contributed by atoms with Gasteiger partial charge in [0.2, 0.25) is 0 Å². The molecule has 3 rings (SSSR count). The molecule has 0 spiro atoms. The Bertz CT molecular complexity index is 688. The second-order valence-electron chi connectivity index (χ2n) is 5.01. The van der Waals surface area contributed by atoms with E-state index in [1.807, 2.05) is 49.5 Å². The van der Waals surface area contributed by atoms with E-state index in [4.69, 9.17) is 0 Å². The summed E-state index contributed by atoms with van der Waals surface area (Å²) in [4.78, 5) is 19.2. The van der Waals surface area contributed by atoms with Gasteiger partial charge in [0.25, 0.3) is 5.91 Å². The van der Waals surface area contributed by atoms with Crippen molar-refractivity contribution in [3.63, 3.8) is 0 Å². The van der Waals surface area contributed by atoms with Gasteiger partial charge in [0.1, 0.15) is 5.70 Å². The molecular weight excluding hydrogens is 252 g/mol. The maximum absolute atomic E-state index is 12.3. The second-order valence-corrected chi connectivity index (χ2v) is 5.01. The average Bonchev–Trinajstić information content (AvgIpc) is 2.95. The van der Waals surface area contributed by atoms with Gasteiger partial charge >= 0.3 is 0 Å². The first-order valence-corrected chi connectivity index (χ1v) is 6.58. The highest BCUT2D eigenvalue weighted by Crippen LogP contribution is 2.25. The minimum atomic E-state index is -0.0982. The zero-order valence-electron chi connectivity index (χ0n) is 11.8. The molecule has 2 aromatic rings. The highest BCUT2D eigenvalue weighted by atomic mass is 16.2. The SMILES string of the molecule is CNC1N(C)C(=O)/C(=C\c2c[nH]c3ccccc23)N1C. The normalized spacial score (nSPS) is 21.4. The van der Waals surface area contributed by atoms with Crippen molar-refractivity contribution in [2.75, 3.05) is 21.1 Å². The van der Waals surface area contributed by atoms with Crippen molar-refractivity contribution in [3.8, 4) is 0 Å². The van der Waals surface area contributed by atoms with Crippen molar-refractivity contribution in [3.05, 3.63) is 41.7 Å². The molecule has 1 saturated heterocycles. The summed E-state index contributed by atoms with van der Waals surface area (Å²) in [7, 11) is 5.57. The van der Waals surface area contributed by atoms with Crippen LogP contribution in [0.2, 0.25) is 0 Å². The van der Waals surface area contributed by atoms with Crippen LogP contribution in [-0.2, 0) is 4.79 Å². The van der Waals surface area contributed by atoms with E-state index >= 15 is 0 Å². The minimum Gasteiger partial charge on any atom is -0.361 e. The van der Waals surface area contributed by atoms with E-state index < -0.39 is 0 Å². The first-order valence-electron chi connectivity index (χ1n) is 6.58. The third-order valence-corrected chi connectivity index (χ3v) is 3.82. The molecule has 1 fully saturated rings. The van der Waals surface area contributed by atoms with Gasteiger partial charge in [-0.2, -0.15) is 0 Å². The van der Waals surface area contributed by atoms with Gasteiger partial charge < -0.3 is 14.8 Å². The van der Waals surface area contributed by atoms with Gasteiger partial charge in [-0.15, -0.1) is 0 Å². The number of rotatable bonds is 2. The fourth-order valence-corrected chi connectivity index (χ4v) is 2.75. The fourth-order valence-electron chi connectivity index (χ4n) is 2.75. The Hall–Kier alpha value is -2.27. The van der Waals surface area contributed by atoms with Crippen LogP contribution in [0.1, 0.15) is 5.56 Å². The van der Waals surface area contributed by atoms with Gasteiger partial charge in [0, 0.05) is 36.8 Å². The smallest absolute Gasteiger partial charge is 0.272 e. The lowest BCUT2D eigenvalue weighted by molar-refractivity contribution is -0.125. The molecule has 1 unspecified atom stereocenters. The largest absolute Gasteiger partial charge is 0.361 e. The molecule has 20 heavy (non-hydrogen) atoms. The molecule has 1 aliphatic heterocycles. The van der Waals surface area contributed by atoms with Gasteiger partial charge in [-0.1, -0.05) is 18.2 Å². The maximum atomic E-state index is 12.3. The lowest BCUT2D eigenvalue weighted by atomic mass is 10.1. The number of likely N-dealkylation sites (N-methyl/N-ethyl adjacent to an activating group) is 2. The molecular formula is C15H18N4O. The minimum absolute atomic E-state index is 0.0251. The zero-order chi connectivity index (χ0) is 14.3. The van der Waals surface area contributed by atoms with Gasteiger partial charge in [0.15, 0.2) is 6.29 Å². The second kappa shape index (κ2) is 4.68. The summed E-state index contributed by atoms with van der Waals surface area (Å²) in [5.74, 6) is 0.0251. The molecule has 1 aliphatic rings. The molecule has 0 radical (unpaired) electrons. The molecule has 5 nitrogen and oxygen atoms in total. The Kier molecular flexibility index (Phi) is 2.99. The van der Waals surface area contributed by atoms with Crippen LogP contribution < -0.4 is 5.32 Å². The molecule has 0 bridgehead atoms. The van der Waals surface area contributed by atoms with E-state index in [9.17, 15) is 4.79 Å².